The summed E-state index contributed by atoms with van der Waals surface area (Å²) in [6.45, 7) is 0.667. The molecule has 1 aliphatic heterocycles. The maximum absolute atomic E-state index is 14.5. The molecule has 0 radical (unpaired) electrons. The highest BCUT2D eigenvalue weighted by Gasteiger charge is 2.54. The van der Waals surface area contributed by atoms with E-state index in [2.05, 4.69) is 4.98 Å². The molecule has 2 heterocycles. The highest BCUT2D eigenvalue weighted by atomic mass is 35.5. The molecule has 0 unspecified atom stereocenters. The molecule has 1 aromatic carbocycles. The summed E-state index contributed by atoms with van der Waals surface area (Å²) in [4.78, 5) is 16.6. The first-order chi connectivity index (χ1) is 12.4. The van der Waals surface area contributed by atoms with Gasteiger partial charge in [-0.3, -0.25) is 9.78 Å². The van der Waals surface area contributed by atoms with E-state index >= 15 is 0 Å². The molecule has 0 aliphatic carbocycles. The molecule has 10 heteroatoms. The van der Waals surface area contributed by atoms with Gasteiger partial charge in [0.1, 0.15) is 0 Å². The van der Waals surface area contributed by atoms with Gasteiger partial charge in [-0.25, -0.2) is 0 Å². The van der Waals surface area contributed by atoms with Gasteiger partial charge in [0.25, 0.3) is 0 Å². The molecule has 1 aromatic heterocycles. The van der Waals surface area contributed by atoms with Crippen LogP contribution in [-0.4, -0.2) is 16.0 Å². The summed E-state index contributed by atoms with van der Waals surface area (Å²) in [6, 6.07) is 4.49. The van der Waals surface area contributed by atoms with Crippen molar-refractivity contribution in [1.82, 2.24) is 4.98 Å². The Morgan fingerprint density at radius 2 is 2.00 bits per heavy atom. The number of pyridine rings is 1. The predicted octanol–water partition coefficient (Wildman–Crippen LogP) is 4.45. The predicted molar refractivity (Wildman–Crippen MR) is 86.4 cm³/mol. The SMILES string of the molecule is C[C@H](O)c1cccc2c1C(F)(F)C(=O)N2Cc1cc(C(F)(F)F)c(Cl)cn1. The number of aromatic nitrogens is 1. The molecule has 0 fully saturated rings. The smallest absolute Gasteiger partial charge is 0.389 e. The topological polar surface area (TPSA) is 53.4 Å². The Kier molecular flexibility index (Phi) is 4.63. The van der Waals surface area contributed by atoms with Crippen molar-refractivity contribution in [2.75, 3.05) is 4.90 Å². The highest BCUT2D eigenvalue weighted by molar-refractivity contribution is 6.31. The first-order valence-corrected chi connectivity index (χ1v) is 8.05. The van der Waals surface area contributed by atoms with E-state index in [1.54, 1.807) is 0 Å². The van der Waals surface area contributed by atoms with Crippen LogP contribution in [0.4, 0.5) is 27.6 Å². The minimum Gasteiger partial charge on any atom is -0.389 e. The summed E-state index contributed by atoms with van der Waals surface area (Å²) in [5.74, 6) is -5.52. The quantitative estimate of drug-likeness (QED) is 0.766. The standard InChI is InChI=1S/C17H12ClF5N2O2/c1-8(26)10-3-2-4-13-14(10)16(19,20)15(27)25(13)7-9-5-11(17(21,22)23)12(18)6-24-9/h2-6,8,26H,7H2,1H3/t8-/m0/s1. The van der Waals surface area contributed by atoms with Crippen molar-refractivity contribution >= 4 is 23.2 Å². The minimum absolute atomic E-state index is 0.131. The van der Waals surface area contributed by atoms with Crippen molar-refractivity contribution in [1.29, 1.82) is 0 Å². The lowest BCUT2D eigenvalue weighted by molar-refractivity contribution is -0.141. The molecule has 27 heavy (non-hydrogen) atoms. The third-order valence-corrected chi connectivity index (χ3v) is 4.48. The number of aliphatic hydroxyl groups excluding tert-OH is 1. The third kappa shape index (κ3) is 3.25. The first kappa shape index (κ1) is 19.5. The van der Waals surface area contributed by atoms with E-state index in [1.807, 2.05) is 0 Å². The number of carbonyl (C=O) groups is 1. The van der Waals surface area contributed by atoms with Gasteiger partial charge in [-0.1, -0.05) is 23.7 Å². The fraction of sp³-hybridized carbons (Fsp3) is 0.294. The second-order valence-electron chi connectivity index (χ2n) is 6.04. The number of halogens is 6. The zero-order valence-electron chi connectivity index (χ0n) is 13.7. The number of nitrogens with zero attached hydrogens (tertiary/aromatic N) is 2. The minimum atomic E-state index is -4.76. The van der Waals surface area contributed by atoms with E-state index < -0.39 is 46.8 Å². The van der Waals surface area contributed by atoms with Crippen molar-refractivity contribution in [3.05, 3.63) is 57.9 Å². The van der Waals surface area contributed by atoms with E-state index in [0.717, 1.165) is 6.20 Å². The number of benzene rings is 1. The maximum atomic E-state index is 14.5. The van der Waals surface area contributed by atoms with Crippen LogP contribution in [0.3, 0.4) is 0 Å². The number of aliphatic hydroxyl groups is 1. The van der Waals surface area contributed by atoms with Crippen LogP contribution in [0.2, 0.25) is 5.02 Å². The average molecular weight is 407 g/mol. The van der Waals surface area contributed by atoms with E-state index in [1.165, 1.54) is 25.1 Å². The van der Waals surface area contributed by atoms with Gasteiger partial charge < -0.3 is 10.0 Å². The Morgan fingerprint density at radius 3 is 2.59 bits per heavy atom. The second kappa shape index (κ2) is 6.42. The zero-order valence-corrected chi connectivity index (χ0v) is 14.4. The van der Waals surface area contributed by atoms with E-state index in [-0.39, 0.29) is 16.9 Å². The lowest BCUT2D eigenvalue weighted by atomic mass is 9.98. The first-order valence-electron chi connectivity index (χ1n) is 7.67. The van der Waals surface area contributed by atoms with Crippen LogP contribution in [0.1, 0.15) is 35.4 Å². The Morgan fingerprint density at radius 1 is 1.33 bits per heavy atom. The van der Waals surface area contributed by atoms with Crippen LogP contribution in [0, 0.1) is 0 Å². The van der Waals surface area contributed by atoms with Crippen LogP contribution in [0.5, 0.6) is 0 Å². The average Bonchev–Trinajstić information content (AvgIpc) is 2.76. The summed E-state index contributed by atoms with van der Waals surface area (Å²) in [6.07, 6.45) is -5.26. The molecule has 1 N–H and O–H groups in total. The third-order valence-electron chi connectivity index (χ3n) is 4.18. The number of rotatable bonds is 3. The number of hydrogen-bond donors (Lipinski definition) is 1. The molecule has 2 aromatic rings. The number of alkyl halides is 5. The van der Waals surface area contributed by atoms with Gasteiger partial charge in [0.2, 0.25) is 0 Å². The number of carbonyl (C=O) groups excluding carboxylic acids is 1. The van der Waals surface area contributed by atoms with Gasteiger partial charge in [-0.2, -0.15) is 22.0 Å². The summed E-state index contributed by atoms with van der Waals surface area (Å²) < 4.78 is 68.0. The molecular formula is C17H12ClF5N2O2. The lowest BCUT2D eigenvalue weighted by Crippen LogP contribution is -2.34. The van der Waals surface area contributed by atoms with Crippen LogP contribution in [0.15, 0.2) is 30.5 Å². The summed E-state index contributed by atoms with van der Waals surface area (Å²) in [5.41, 5.74) is -2.41. The monoisotopic (exact) mass is 406 g/mol. The Balaban J connectivity index is 2.06. The van der Waals surface area contributed by atoms with Crippen LogP contribution < -0.4 is 4.90 Å². The molecular weight excluding hydrogens is 395 g/mol. The van der Waals surface area contributed by atoms with Gasteiger partial charge in [0.05, 0.1) is 40.2 Å². The second-order valence-corrected chi connectivity index (χ2v) is 6.44. The molecule has 0 saturated carbocycles. The van der Waals surface area contributed by atoms with Crippen LogP contribution >= 0.6 is 11.6 Å². The molecule has 0 spiro atoms. The van der Waals surface area contributed by atoms with Gasteiger partial charge in [0.15, 0.2) is 0 Å². The summed E-state index contributed by atoms with van der Waals surface area (Å²) in [5, 5.41) is 9.09. The Bertz CT molecular complexity index is 915. The number of anilines is 1. The van der Waals surface area contributed by atoms with Gasteiger partial charge in [0, 0.05) is 6.20 Å². The van der Waals surface area contributed by atoms with E-state index in [9.17, 15) is 31.9 Å². The molecule has 1 amide bonds. The van der Waals surface area contributed by atoms with Crippen molar-refractivity contribution in [3.8, 4) is 0 Å². The Hall–Kier alpha value is -2.26. The fourth-order valence-electron chi connectivity index (χ4n) is 2.96. The molecule has 1 atom stereocenters. The fourth-order valence-corrected chi connectivity index (χ4v) is 3.17. The number of hydrogen-bond acceptors (Lipinski definition) is 3. The van der Waals surface area contributed by atoms with Crippen LogP contribution in [-0.2, 0) is 23.4 Å². The molecule has 0 saturated heterocycles. The normalized spacial score (nSPS) is 17.2. The van der Waals surface area contributed by atoms with Gasteiger partial charge >= 0.3 is 18.0 Å². The van der Waals surface area contributed by atoms with Crippen molar-refractivity contribution in [2.45, 2.75) is 31.7 Å². The summed E-state index contributed by atoms with van der Waals surface area (Å²) in [7, 11) is 0. The number of amides is 1. The molecule has 3 rings (SSSR count). The lowest BCUT2D eigenvalue weighted by Gasteiger charge is -2.18. The van der Waals surface area contributed by atoms with Crippen molar-refractivity contribution < 1.29 is 31.9 Å². The Labute approximate surface area is 155 Å². The van der Waals surface area contributed by atoms with Crippen molar-refractivity contribution in [3.63, 3.8) is 0 Å². The molecule has 144 valence electrons. The van der Waals surface area contributed by atoms with Gasteiger partial charge in [-0.15, -0.1) is 0 Å². The van der Waals surface area contributed by atoms with E-state index in [4.69, 9.17) is 11.6 Å². The zero-order chi connectivity index (χ0) is 20.1. The highest BCUT2D eigenvalue weighted by Crippen LogP contribution is 2.48. The maximum Gasteiger partial charge on any atom is 0.417 e. The van der Waals surface area contributed by atoms with Crippen molar-refractivity contribution in [2.24, 2.45) is 0 Å². The largest absolute Gasteiger partial charge is 0.417 e. The van der Waals surface area contributed by atoms with Crippen LogP contribution in [0.25, 0.3) is 0 Å². The summed E-state index contributed by atoms with van der Waals surface area (Å²) >= 11 is 5.50. The van der Waals surface area contributed by atoms with E-state index in [0.29, 0.717) is 11.0 Å². The molecule has 1 aliphatic rings. The molecule has 4 nitrogen and oxygen atoms in total. The van der Waals surface area contributed by atoms with Gasteiger partial charge in [-0.05, 0) is 24.6 Å². The molecule has 0 bridgehead atoms. The number of fused-ring (bicyclic) bond motifs is 1.